The first-order valence-electron chi connectivity index (χ1n) is 5.48. The second-order valence-electron chi connectivity index (χ2n) is 4.44. The van der Waals surface area contributed by atoms with Crippen LogP contribution in [0.1, 0.15) is 12.5 Å². The van der Waals surface area contributed by atoms with Crippen LogP contribution in [0.2, 0.25) is 5.02 Å². The van der Waals surface area contributed by atoms with E-state index in [1.165, 1.54) is 6.07 Å². The molecule has 1 aromatic carbocycles. The van der Waals surface area contributed by atoms with E-state index < -0.39 is 29.0 Å². The van der Waals surface area contributed by atoms with Gasteiger partial charge in [-0.2, -0.15) is 8.78 Å². The summed E-state index contributed by atoms with van der Waals surface area (Å²) in [7, 11) is 0. The minimum absolute atomic E-state index is 0.0591. The number of alkyl halides is 2. The van der Waals surface area contributed by atoms with Gasteiger partial charge in [0.15, 0.2) is 12.1 Å². The monoisotopic (exact) mass is 305 g/mol. The van der Waals surface area contributed by atoms with Crippen LogP contribution in [0.25, 0.3) is 0 Å². The highest BCUT2D eigenvalue weighted by Crippen LogP contribution is 2.46. The average molecular weight is 306 g/mol. The second kappa shape index (κ2) is 4.55. The van der Waals surface area contributed by atoms with Gasteiger partial charge in [-0.15, -0.1) is 0 Å². The van der Waals surface area contributed by atoms with Crippen molar-refractivity contribution < 1.29 is 18.4 Å². The lowest BCUT2D eigenvalue weighted by Crippen LogP contribution is -2.51. The van der Waals surface area contributed by atoms with Crippen molar-refractivity contribution in [2.24, 2.45) is 10.7 Å². The van der Waals surface area contributed by atoms with E-state index in [0.717, 1.165) is 19.1 Å². The standard InChI is InChI=1S/C11H10ClF2N3O3/c1-10(11(13,14)5-20-9(15)16-10)7-4-6(17(18)19)2-3-8(7)12/h2-4H,5H2,1H3,(H2,15,16). The molecule has 1 unspecified atom stereocenters. The zero-order chi connectivity index (χ0) is 15.1. The van der Waals surface area contributed by atoms with Crippen LogP contribution in [0.4, 0.5) is 14.5 Å². The van der Waals surface area contributed by atoms with Crippen molar-refractivity contribution in [2.75, 3.05) is 6.61 Å². The molecule has 1 heterocycles. The number of benzene rings is 1. The third-order valence-corrected chi connectivity index (χ3v) is 3.46. The van der Waals surface area contributed by atoms with Crippen molar-refractivity contribution in [3.63, 3.8) is 0 Å². The summed E-state index contributed by atoms with van der Waals surface area (Å²) >= 11 is 5.89. The van der Waals surface area contributed by atoms with Crippen molar-refractivity contribution in [1.29, 1.82) is 0 Å². The van der Waals surface area contributed by atoms with Gasteiger partial charge in [-0.25, -0.2) is 4.99 Å². The van der Waals surface area contributed by atoms with Gasteiger partial charge in [0.2, 0.25) is 0 Å². The predicted molar refractivity (Wildman–Crippen MR) is 68.0 cm³/mol. The number of amidine groups is 1. The average Bonchev–Trinajstić information content (AvgIpc) is 2.35. The predicted octanol–water partition coefficient (Wildman–Crippen LogP) is 2.44. The van der Waals surface area contributed by atoms with Gasteiger partial charge in [0, 0.05) is 22.7 Å². The van der Waals surface area contributed by atoms with Gasteiger partial charge in [0.1, 0.15) is 0 Å². The van der Waals surface area contributed by atoms with Crippen LogP contribution >= 0.6 is 11.6 Å². The number of halogens is 3. The molecular formula is C11H10ClF2N3O3. The minimum atomic E-state index is -3.41. The zero-order valence-corrected chi connectivity index (χ0v) is 11.0. The second-order valence-corrected chi connectivity index (χ2v) is 4.84. The molecular weight excluding hydrogens is 296 g/mol. The molecule has 0 fully saturated rings. The first kappa shape index (κ1) is 14.4. The summed E-state index contributed by atoms with van der Waals surface area (Å²) in [4.78, 5) is 13.7. The number of nitrogens with zero attached hydrogens (tertiary/aromatic N) is 2. The van der Waals surface area contributed by atoms with Gasteiger partial charge < -0.3 is 10.5 Å². The summed E-state index contributed by atoms with van der Waals surface area (Å²) in [6.07, 6.45) is 0. The summed E-state index contributed by atoms with van der Waals surface area (Å²) < 4.78 is 32.7. The van der Waals surface area contributed by atoms with Crippen LogP contribution < -0.4 is 5.73 Å². The van der Waals surface area contributed by atoms with E-state index in [4.69, 9.17) is 17.3 Å². The highest BCUT2D eigenvalue weighted by atomic mass is 35.5. The molecule has 0 aromatic heterocycles. The first-order valence-corrected chi connectivity index (χ1v) is 5.85. The Labute approximate surface area is 117 Å². The van der Waals surface area contributed by atoms with Crippen molar-refractivity contribution in [3.05, 3.63) is 38.9 Å². The Morgan fingerprint density at radius 1 is 1.55 bits per heavy atom. The lowest BCUT2D eigenvalue weighted by molar-refractivity contribution is -0.385. The minimum Gasteiger partial charge on any atom is -0.459 e. The molecule has 108 valence electrons. The number of non-ortho nitro benzene ring substituents is 1. The van der Waals surface area contributed by atoms with Gasteiger partial charge in [-0.3, -0.25) is 10.1 Å². The summed E-state index contributed by atoms with van der Waals surface area (Å²) in [6, 6.07) is 2.86. The summed E-state index contributed by atoms with van der Waals surface area (Å²) in [5.41, 5.74) is 2.67. The molecule has 1 aliphatic rings. The van der Waals surface area contributed by atoms with Crippen molar-refractivity contribution in [3.8, 4) is 0 Å². The van der Waals surface area contributed by atoms with Crippen LogP contribution in [-0.2, 0) is 10.3 Å². The van der Waals surface area contributed by atoms with Gasteiger partial charge in [0.25, 0.3) is 11.7 Å². The topological polar surface area (TPSA) is 90.8 Å². The summed E-state index contributed by atoms with van der Waals surface area (Å²) in [6.45, 7) is 0.130. The molecule has 2 rings (SSSR count). The number of ether oxygens (including phenoxy) is 1. The van der Waals surface area contributed by atoms with Gasteiger partial charge >= 0.3 is 5.92 Å². The Bertz CT molecular complexity index is 609. The number of nitro groups is 1. The highest BCUT2D eigenvalue weighted by molar-refractivity contribution is 6.31. The molecule has 0 amide bonds. The molecule has 0 radical (unpaired) electrons. The van der Waals surface area contributed by atoms with E-state index >= 15 is 0 Å². The number of nitrogens with two attached hydrogens (primary N) is 1. The third-order valence-electron chi connectivity index (χ3n) is 3.13. The first-order chi connectivity index (χ1) is 9.17. The zero-order valence-electron chi connectivity index (χ0n) is 10.3. The molecule has 1 aromatic rings. The van der Waals surface area contributed by atoms with E-state index in [9.17, 15) is 18.9 Å². The van der Waals surface area contributed by atoms with Crippen LogP contribution in [0, 0.1) is 10.1 Å². The number of rotatable bonds is 2. The lowest BCUT2D eigenvalue weighted by atomic mass is 9.85. The molecule has 0 aliphatic carbocycles. The fraction of sp³-hybridized carbons (Fsp3) is 0.364. The SMILES string of the molecule is CC1(c2cc([N+](=O)[O-])ccc2Cl)N=C(N)OCC1(F)F. The largest absolute Gasteiger partial charge is 0.459 e. The Morgan fingerprint density at radius 3 is 2.80 bits per heavy atom. The molecule has 6 nitrogen and oxygen atoms in total. The Kier molecular flexibility index (Phi) is 3.29. The fourth-order valence-corrected chi connectivity index (χ4v) is 2.20. The normalized spacial score (nSPS) is 24.7. The van der Waals surface area contributed by atoms with Gasteiger partial charge in [0.05, 0.1) is 4.92 Å². The molecule has 20 heavy (non-hydrogen) atoms. The maximum atomic E-state index is 14.1. The Balaban J connectivity index is 2.66. The van der Waals surface area contributed by atoms with Crippen molar-refractivity contribution >= 4 is 23.3 Å². The molecule has 0 bridgehead atoms. The molecule has 0 saturated carbocycles. The Morgan fingerprint density at radius 2 is 2.20 bits per heavy atom. The van der Waals surface area contributed by atoms with E-state index in [0.29, 0.717) is 0 Å². The van der Waals surface area contributed by atoms with Crippen molar-refractivity contribution in [1.82, 2.24) is 0 Å². The van der Waals surface area contributed by atoms with Gasteiger partial charge in [-0.1, -0.05) is 11.6 Å². The molecule has 0 saturated heterocycles. The number of hydrogen-bond acceptors (Lipinski definition) is 5. The lowest BCUT2D eigenvalue weighted by Gasteiger charge is -2.37. The fourth-order valence-electron chi connectivity index (χ4n) is 1.90. The molecule has 2 N–H and O–H groups in total. The van der Waals surface area contributed by atoms with E-state index in [-0.39, 0.29) is 16.3 Å². The maximum absolute atomic E-state index is 14.1. The van der Waals surface area contributed by atoms with Crippen LogP contribution in [0.15, 0.2) is 23.2 Å². The van der Waals surface area contributed by atoms with Crippen LogP contribution in [0.5, 0.6) is 0 Å². The van der Waals surface area contributed by atoms with E-state index in [1.807, 2.05) is 0 Å². The van der Waals surface area contributed by atoms with Crippen LogP contribution in [0.3, 0.4) is 0 Å². The number of hydrogen-bond donors (Lipinski definition) is 1. The molecule has 1 atom stereocenters. The molecule has 0 spiro atoms. The summed E-state index contributed by atoms with van der Waals surface area (Å²) in [5, 5.41) is 10.7. The third kappa shape index (κ3) is 2.15. The van der Waals surface area contributed by atoms with E-state index in [2.05, 4.69) is 9.73 Å². The smallest absolute Gasteiger partial charge is 0.310 e. The quantitative estimate of drug-likeness (QED) is 0.671. The number of aliphatic imine (C=N–C) groups is 1. The van der Waals surface area contributed by atoms with Crippen LogP contribution in [-0.4, -0.2) is 23.5 Å². The number of nitro benzene ring substituents is 1. The molecule has 1 aliphatic heterocycles. The summed E-state index contributed by atoms with van der Waals surface area (Å²) in [5.74, 6) is -3.41. The highest BCUT2D eigenvalue weighted by Gasteiger charge is 2.56. The maximum Gasteiger partial charge on any atom is 0.310 e. The van der Waals surface area contributed by atoms with Gasteiger partial charge in [-0.05, 0) is 13.0 Å². The Hall–Kier alpha value is -1.96. The van der Waals surface area contributed by atoms with E-state index in [1.54, 1.807) is 0 Å². The van der Waals surface area contributed by atoms with Crippen molar-refractivity contribution in [2.45, 2.75) is 18.4 Å². The molecule has 9 heteroatoms.